The molecule has 2 N–H and O–H groups in total. The molecule has 4 heteroatoms. The SMILES string of the molecule is OCCCn1cc(CN2CCCC(O)C2)c2ccccc21. The highest BCUT2D eigenvalue weighted by molar-refractivity contribution is 5.83. The molecular weight excluding hydrogens is 264 g/mol. The molecule has 1 aliphatic heterocycles. The van der Waals surface area contributed by atoms with Gasteiger partial charge in [-0.2, -0.15) is 0 Å². The molecule has 0 aliphatic carbocycles. The van der Waals surface area contributed by atoms with Crippen LogP contribution < -0.4 is 0 Å². The van der Waals surface area contributed by atoms with E-state index in [2.05, 4.69) is 39.9 Å². The molecule has 1 fully saturated rings. The minimum Gasteiger partial charge on any atom is -0.396 e. The fourth-order valence-corrected chi connectivity index (χ4v) is 3.29. The average Bonchev–Trinajstić information content (AvgIpc) is 2.84. The van der Waals surface area contributed by atoms with E-state index < -0.39 is 0 Å². The normalized spacial score (nSPS) is 20.2. The first-order chi connectivity index (χ1) is 10.3. The number of rotatable bonds is 5. The van der Waals surface area contributed by atoms with Crippen molar-refractivity contribution < 1.29 is 10.2 Å². The Kier molecular flexibility index (Phi) is 4.58. The Bertz CT molecular complexity index is 593. The molecule has 2 aromatic rings. The van der Waals surface area contributed by atoms with E-state index in [4.69, 9.17) is 5.11 Å². The number of β-amino-alcohol motifs (C(OH)–C–C–N with tert-alkyl or cyclic N) is 1. The van der Waals surface area contributed by atoms with E-state index in [0.29, 0.717) is 0 Å². The van der Waals surface area contributed by atoms with Crippen LogP contribution in [0.4, 0.5) is 0 Å². The number of aromatic nitrogens is 1. The van der Waals surface area contributed by atoms with Crippen molar-refractivity contribution in [3.63, 3.8) is 0 Å². The van der Waals surface area contributed by atoms with Crippen LogP contribution >= 0.6 is 0 Å². The van der Waals surface area contributed by atoms with Gasteiger partial charge >= 0.3 is 0 Å². The molecular formula is C17H24N2O2. The highest BCUT2D eigenvalue weighted by Crippen LogP contribution is 2.24. The van der Waals surface area contributed by atoms with Crippen LogP contribution in [0.25, 0.3) is 10.9 Å². The zero-order chi connectivity index (χ0) is 14.7. The predicted octanol–water partition coefficient (Wildman–Crippen LogP) is 1.98. The summed E-state index contributed by atoms with van der Waals surface area (Å²) in [5.41, 5.74) is 2.55. The Labute approximate surface area is 125 Å². The lowest BCUT2D eigenvalue weighted by Crippen LogP contribution is -2.37. The topological polar surface area (TPSA) is 48.6 Å². The van der Waals surface area contributed by atoms with E-state index >= 15 is 0 Å². The van der Waals surface area contributed by atoms with Gasteiger partial charge in [0.25, 0.3) is 0 Å². The first-order valence-corrected chi connectivity index (χ1v) is 7.86. The van der Waals surface area contributed by atoms with Gasteiger partial charge in [0.1, 0.15) is 0 Å². The molecule has 21 heavy (non-hydrogen) atoms. The maximum Gasteiger partial charge on any atom is 0.0667 e. The third-order valence-corrected chi connectivity index (χ3v) is 4.30. The van der Waals surface area contributed by atoms with Crippen LogP contribution in [-0.2, 0) is 13.1 Å². The second-order valence-electron chi connectivity index (χ2n) is 5.97. The van der Waals surface area contributed by atoms with Crippen LogP contribution in [0.3, 0.4) is 0 Å². The van der Waals surface area contributed by atoms with Gasteiger partial charge in [-0.15, -0.1) is 0 Å². The van der Waals surface area contributed by atoms with Gasteiger partial charge in [-0.1, -0.05) is 18.2 Å². The molecule has 0 radical (unpaired) electrons. The predicted molar refractivity (Wildman–Crippen MR) is 84.2 cm³/mol. The lowest BCUT2D eigenvalue weighted by Gasteiger charge is -2.29. The summed E-state index contributed by atoms with van der Waals surface area (Å²) in [6.07, 6.45) is 4.81. The number of nitrogens with zero attached hydrogens (tertiary/aromatic N) is 2. The first kappa shape index (κ1) is 14.6. The lowest BCUT2D eigenvalue weighted by molar-refractivity contribution is 0.0670. The van der Waals surface area contributed by atoms with E-state index in [1.54, 1.807) is 0 Å². The van der Waals surface area contributed by atoms with Crippen LogP contribution in [0.1, 0.15) is 24.8 Å². The van der Waals surface area contributed by atoms with E-state index in [1.165, 1.54) is 16.5 Å². The van der Waals surface area contributed by atoms with Crippen molar-refractivity contribution in [1.82, 2.24) is 9.47 Å². The summed E-state index contributed by atoms with van der Waals surface area (Å²) in [6.45, 7) is 3.80. The minimum atomic E-state index is -0.179. The lowest BCUT2D eigenvalue weighted by atomic mass is 10.1. The molecule has 1 aromatic carbocycles. The zero-order valence-electron chi connectivity index (χ0n) is 12.4. The molecule has 1 atom stereocenters. The first-order valence-electron chi connectivity index (χ1n) is 7.86. The largest absolute Gasteiger partial charge is 0.396 e. The standard InChI is InChI=1S/C17H24N2O2/c20-10-4-9-19-12-14(16-6-1-2-7-17(16)19)11-18-8-3-5-15(21)13-18/h1-2,6-7,12,15,20-21H,3-5,8-11,13H2. The summed E-state index contributed by atoms with van der Waals surface area (Å²) < 4.78 is 2.24. The summed E-state index contributed by atoms with van der Waals surface area (Å²) in [5, 5.41) is 20.2. The summed E-state index contributed by atoms with van der Waals surface area (Å²) in [4.78, 5) is 2.34. The third kappa shape index (κ3) is 3.28. The number of aliphatic hydroxyl groups is 2. The minimum absolute atomic E-state index is 0.179. The summed E-state index contributed by atoms with van der Waals surface area (Å²) in [7, 11) is 0. The maximum absolute atomic E-state index is 9.82. The second-order valence-corrected chi connectivity index (χ2v) is 5.97. The van der Waals surface area contributed by atoms with E-state index in [0.717, 1.165) is 45.4 Å². The summed E-state index contributed by atoms with van der Waals surface area (Å²) in [5.74, 6) is 0. The molecule has 0 saturated carbocycles. The molecule has 2 heterocycles. The number of likely N-dealkylation sites (tertiary alicyclic amines) is 1. The van der Waals surface area contributed by atoms with Crippen LogP contribution in [0.15, 0.2) is 30.5 Å². The number of hydrogen-bond donors (Lipinski definition) is 2. The number of piperidine rings is 1. The second kappa shape index (κ2) is 6.60. The van der Waals surface area contributed by atoms with Crippen molar-refractivity contribution in [3.05, 3.63) is 36.0 Å². The van der Waals surface area contributed by atoms with Crippen molar-refractivity contribution in [3.8, 4) is 0 Å². The Hall–Kier alpha value is -1.36. The molecule has 0 spiro atoms. The van der Waals surface area contributed by atoms with Crippen LogP contribution in [-0.4, -0.2) is 45.5 Å². The third-order valence-electron chi connectivity index (χ3n) is 4.30. The van der Waals surface area contributed by atoms with Crippen LogP contribution in [0, 0.1) is 0 Å². The van der Waals surface area contributed by atoms with Crippen LogP contribution in [0.2, 0.25) is 0 Å². The zero-order valence-corrected chi connectivity index (χ0v) is 12.4. The number of aliphatic hydroxyl groups excluding tert-OH is 2. The highest BCUT2D eigenvalue weighted by Gasteiger charge is 2.19. The number of benzene rings is 1. The highest BCUT2D eigenvalue weighted by atomic mass is 16.3. The molecule has 0 bridgehead atoms. The molecule has 1 unspecified atom stereocenters. The molecule has 1 saturated heterocycles. The number of aryl methyl sites for hydroxylation is 1. The van der Waals surface area contributed by atoms with Gasteiger partial charge in [-0.05, 0) is 37.4 Å². The molecule has 1 aliphatic rings. The van der Waals surface area contributed by atoms with Gasteiger partial charge in [-0.25, -0.2) is 0 Å². The number of fused-ring (bicyclic) bond motifs is 1. The van der Waals surface area contributed by atoms with Gasteiger partial charge in [-0.3, -0.25) is 4.90 Å². The fourth-order valence-electron chi connectivity index (χ4n) is 3.29. The Morgan fingerprint density at radius 2 is 2.10 bits per heavy atom. The molecule has 114 valence electrons. The van der Waals surface area contributed by atoms with Gasteiger partial charge in [0.15, 0.2) is 0 Å². The van der Waals surface area contributed by atoms with Crippen molar-refractivity contribution in [2.45, 2.75) is 38.5 Å². The summed E-state index contributed by atoms with van der Waals surface area (Å²) in [6, 6.07) is 8.45. The van der Waals surface area contributed by atoms with Crippen molar-refractivity contribution in [1.29, 1.82) is 0 Å². The quantitative estimate of drug-likeness (QED) is 0.884. The van der Waals surface area contributed by atoms with Gasteiger partial charge in [0.2, 0.25) is 0 Å². The van der Waals surface area contributed by atoms with E-state index in [9.17, 15) is 5.11 Å². The van der Waals surface area contributed by atoms with Crippen molar-refractivity contribution >= 4 is 10.9 Å². The van der Waals surface area contributed by atoms with Crippen molar-refractivity contribution in [2.24, 2.45) is 0 Å². The Balaban J connectivity index is 1.84. The Morgan fingerprint density at radius 3 is 2.90 bits per heavy atom. The monoisotopic (exact) mass is 288 g/mol. The molecule has 1 aromatic heterocycles. The van der Waals surface area contributed by atoms with Gasteiger partial charge < -0.3 is 14.8 Å². The average molecular weight is 288 g/mol. The number of hydrogen-bond acceptors (Lipinski definition) is 3. The number of para-hydroxylation sites is 1. The molecule has 4 nitrogen and oxygen atoms in total. The Morgan fingerprint density at radius 1 is 1.24 bits per heavy atom. The van der Waals surface area contributed by atoms with E-state index in [1.807, 2.05) is 0 Å². The van der Waals surface area contributed by atoms with Crippen LogP contribution in [0.5, 0.6) is 0 Å². The fraction of sp³-hybridized carbons (Fsp3) is 0.529. The summed E-state index contributed by atoms with van der Waals surface area (Å²) >= 11 is 0. The van der Waals surface area contributed by atoms with Crippen molar-refractivity contribution in [2.75, 3.05) is 19.7 Å². The van der Waals surface area contributed by atoms with Gasteiger partial charge in [0.05, 0.1) is 6.10 Å². The van der Waals surface area contributed by atoms with E-state index in [-0.39, 0.29) is 12.7 Å². The smallest absolute Gasteiger partial charge is 0.0667 e. The maximum atomic E-state index is 9.82. The van der Waals surface area contributed by atoms with Gasteiger partial charge in [0, 0.05) is 43.3 Å². The molecule has 0 amide bonds. The molecule has 3 rings (SSSR count).